The van der Waals surface area contributed by atoms with Crippen LogP contribution in [0, 0.1) is 12.7 Å². The topological polar surface area (TPSA) is 104 Å². The van der Waals surface area contributed by atoms with E-state index in [9.17, 15) is 9.18 Å². The molecular weight excluding hydrogens is 407 g/mol. The average molecular weight is 419 g/mol. The standard InChI is InChI=1S/C16H12BrFN6O2/c1-8-6-11(22-26-8)7-23-16(25)24-14(21-23)12(17)13(20-15(24)19)9-2-4-10(18)5-3-9/h2-6H,7H2,1H3,(H2,19,20). The minimum absolute atomic E-state index is 0.0184. The Morgan fingerprint density at radius 3 is 2.69 bits per heavy atom. The summed E-state index contributed by atoms with van der Waals surface area (Å²) in [5.41, 5.74) is 7.50. The number of nitrogen functional groups attached to an aromatic ring is 1. The molecule has 3 heterocycles. The summed E-state index contributed by atoms with van der Waals surface area (Å²) >= 11 is 3.43. The maximum absolute atomic E-state index is 13.2. The summed E-state index contributed by atoms with van der Waals surface area (Å²) in [5.74, 6) is 0.259. The molecular formula is C16H12BrFN6O2. The normalized spacial score (nSPS) is 11.3. The number of halogens is 2. The molecule has 0 unspecified atom stereocenters. The molecule has 0 spiro atoms. The lowest BCUT2D eigenvalue weighted by Gasteiger charge is -2.06. The summed E-state index contributed by atoms with van der Waals surface area (Å²) in [6.07, 6.45) is 0. The molecule has 0 bridgehead atoms. The second-order valence-corrected chi connectivity index (χ2v) is 6.46. The van der Waals surface area contributed by atoms with Gasteiger partial charge in [0.05, 0.1) is 16.7 Å². The van der Waals surface area contributed by atoms with Crippen molar-refractivity contribution in [1.82, 2.24) is 24.3 Å². The van der Waals surface area contributed by atoms with Crippen LogP contribution < -0.4 is 11.4 Å². The fourth-order valence-corrected chi connectivity index (χ4v) is 3.20. The zero-order chi connectivity index (χ0) is 18.4. The van der Waals surface area contributed by atoms with Gasteiger partial charge in [-0.25, -0.2) is 23.3 Å². The Hall–Kier alpha value is -3.01. The first-order valence-electron chi connectivity index (χ1n) is 7.56. The van der Waals surface area contributed by atoms with Gasteiger partial charge in [0, 0.05) is 11.6 Å². The van der Waals surface area contributed by atoms with Crippen molar-refractivity contribution in [3.63, 3.8) is 0 Å². The van der Waals surface area contributed by atoms with Crippen LogP contribution in [-0.2, 0) is 6.54 Å². The predicted octanol–water partition coefficient (Wildman–Crippen LogP) is 2.39. The molecule has 0 atom stereocenters. The molecule has 10 heteroatoms. The van der Waals surface area contributed by atoms with Gasteiger partial charge in [-0.2, -0.15) is 0 Å². The highest BCUT2D eigenvalue weighted by atomic mass is 79.9. The molecule has 0 aliphatic rings. The Morgan fingerprint density at radius 1 is 1.31 bits per heavy atom. The second kappa shape index (κ2) is 6.06. The number of nitrogens with zero attached hydrogens (tertiary/aromatic N) is 5. The van der Waals surface area contributed by atoms with Crippen molar-refractivity contribution in [2.24, 2.45) is 0 Å². The highest BCUT2D eigenvalue weighted by Gasteiger charge is 2.19. The Bertz CT molecular complexity index is 1180. The predicted molar refractivity (Wildman–Crippen MR) is 95.1 cm³/mol. The summed E-state index contributed by atoms with van der Waals surface area (Å²) < 4.78 is 21.1. The Morgan fingerprint density at radius 2 is 2.04 bits per heavy atom. The molecule has 0 aliphatic heterocycles. The minimum atomic E-state index is -0.447. The van der Waals surface area contributed by atoms with E-state index in [4.69, 9.17) is 10.3 Å². The van der Waals surface area contributed by atoms with E-state index in [1.54, 1.807) is 25.1 Å². The van der Waals surface area contributed by atoms with E-state index in [1.807, 2.05) is 0 Å². The number of rotatable bonds is 3. The van der Waals surface area contributed by atoms with Crippen molar-refractivity contribution in [1.29, 1.82) is 0 Å². The molecule has 8 nitrogen and oxygen atoms in total. The van der Waals surface area contributed by atoms with E-state index < -0.39 is 5.69 Å². The van der Waals surface area contributed by atoms with Gasteiger partial charge in [-0.1, -0.05) is 5.16 Å². The molecule has 4 aromatic rings. The molecule has 0 amide bonds. The summed E-state index contributed by atoms with van der Waals surface area (Å²) in [6, 6.07) is 7.51. The van der Waals surface area contributed by atoms with Crippen molar-refractivity contribution >= 4 is 27.5 Å². The SMILES string of the molecule is Cc1cc(Cn2nc3c(Br)c(-c4ccc(F)cc4)nc(N)n3c2=O)no1. The number of hydrogen-bond donors (Lipinski definition) is 1. The van der Waals surface area contributed by atoms with Crippen LogP contribution >= 0.6 is 15.9 Å². The molecule has 0 saturated heterocycles. The lowest BCUT2D eigenvalue weighted by molar-refractivity contribution is 0.387. The lowest BCUT2D eigenvalue weighted by atomic mass is 10.1. The molecule has 3 aromatic heterocycles. The number of anilines is 1. The van der Waals surface area contributed by atoms with Gasteiger partial charge in [-0.3, -0.25) is 0 Å². The molecule has 4 rings (SSSR count). The van der Waals surface area contributed by atoms with Crippen LogP contribution in [0.25, 0.3) is 16.9 Å². The molecule has 0 radical (unpaired) electrons. The Balaban J connectivity index is 1.87. The van der Waals surface area contributed by atoms with E-state index in [2.05, 4.69) is 31.2 Å². The van der Waals surface area contributed by atoms with Crippen molar-refractivity contribution in [3.8, 4) is 11.3 Å². The van der Waals surface area contributed by atoms with E-state index in [1.165, 1.54) is 21.2 Å². The van der Waals surface area contributed by atoms with Gasteiger partial charge in [-0.05, 0) is 47.1 Å². The van der Waals surface area contributed by atoms with Crippen LogP contribution in [-0.4, -0.2) is 24.3 Å². The molecule has 26 heavy (non-hydrogen) atoms. The van der Waals surface area contributed by atoms with Crippen LogP contribution in [0.15, 0.2) is 44.1 Å². The van der Waals surface area contributed by atoms with E-state index in [-0.39, 0.29) is 18.3 Å². The van der Waals surface area contributed by atoms with Gasteiger partial charge in [0.2, 0.25) is 5.95 Å². The van der Waals surface area contributed by atoms with Crippen LogP contribution in [0.4, 0.5) is 10.3 Å². The summed E-state index contributed by atoms with van der Waals surface area (Å²) in [7, 11) is 0. The molecule has 0 aliphatic carbocycles. The van der Waals surface area contributed by atoms with Gasteiger partial charge in [0.1, 0.15) is 17.3 Å². The fraction of sp³-hybridized carbons (Fsp3) is 0.125. The van der Waals surface area contributed by atoms with Crippen LogP contribution in [0.5, 0.6) is 0 Å². The molecule has 2 N–H and O–H groups in total. The maximum Gasteiger partial charge on any atom is 0.353 e. The van der Waals surface area contributed by atoms with Gasteiger partial charge in [0.25, 0.3) is 0 Å². The highest BCUT2D eigenvalue weighted by molar-refractivity contribution is 9.10. The lowest BCUT2D eigenvalue weighted by Crippen LogP contribution is -2.23. The van der Waals surface area contributed by atoms with Gasteiger partial charge < -0.3 is 10.3 Å². The highest BCUT2D eigenvalue weighted by Crippen LogP contribution is 2.30. The van der Waals surface area contributed by atoms with Crippen molar-refractivity contribution in [2.45, 2.75) is 13.5 Å². The van der Waals surface area contributed by atoms with E-state index in [0.29, 0.717) is 32.8 Å². The van der Waals surface area contributed by atoms with Gasteiger partial charge in [0.15, 0.2) is 5.65 Å². The van der Waals surface area contributed by atoms with Crippen molar-refractivity contribution in [2.75, 3.05) is 5.73 Å². The monoisotopic (exact) mass is 418 g/mol. The Kier molecular flexibility index (Phi) is 3.83. The second-order valence-electron chi connectivity index (χ2n) is 5.67. The van der Waals surface area contributed by atoms with Gasteiger partial charge >= 0.3 is 5.69 Å². The summed E-state index contributed by atoms with van der Waals surface area (Å²) in [6.45, 7) is 1.89. The number of hydrogen-bond acceptors (Lipinski definition) is 6. The van der Waals surface area contributed by atoms with Crippen LogP contribution in [0.2, 0.25) is 0 Å². The smallest absolute Gasteiger partial charge is 0.353 e. The van der Waals surface area contributed by atoms with Crippen LogP contribution in [0.1, 0.15) is 11.5 Å². The summed E-state index contributed by atoms with van der Waals surface area (Å²) in [4.78, 5) is 16.9. The largest absolute Gasteiger partial charge is 0.369 e. The van der Waals surface area contributed by atoms with E-state index >= 15 is 0 Å². The maximum atomic E-state index is 13.2. The molecule has 0 fully saturated rings. The molecule has 0 saturated carbocycles. The first-order chi connectivity index (χ1) is 12.4. The number of fused-ring (bicyclic) bond motifs is 1. The minimum Gasteiger partial charge on any atom is -0.369 e. The first kappa shape index (κ1) is 16.5. The zero-order valence-corrected chi connectivity index (χ0v) is 15.1. The van der Waals surface area contributed by atoms with E-state index in [0.717, 1.165) is 0 Å². The number of benzene rings is 1. The third kappa shape index (κ3) is 2.68. The number of aromatic nitrogens is 5. The third-order valence-electron chi connectivity index (χ3n) is 3.81. The zero-order valence-electron chi connectivity index (χ0n) is 13.5. The van der Waals surface area contributed by atoms with Crippen LogP contribution in [0.3, 0.4) is 0 Å². The van der Waals surface area contributed by atoms with Crippen molar-refractivity contribution in [3.05, 3.63) is 62.6 Å². The third-order valence-corrected chi connectivity index (χ3v) is 4.54. The van der Waals surface area contributed by atoms with Crippen molar-refractivity contribution < 1.29 is 8.91 Å². The fourth-order valence-electron chi connectivity index (χ4n) is 2.62. The quantitative estimate of drug-likeness (QED) is 0.547. The Labute approximate surface area is 154 Å². The first-order valence-corrected chi connectivity index (χ1v) is 8.36. The number of nitrogens with two attached hydrogens (primary N) is 1. The number of aryl methyl sites for hydroxylation is 1. The molecule has 132 valence electrons. The van der Waals surface area contributed by atoms with Gasteiger partial charge in [-0.15, -0.1) is 5.10 Å². The average Bonchev–Trinajstić information content (AvgIpc) is 3.16. The molecule has 1 aromatic carbocycles. The summed E-state index contributed by atoms with van der Waals surface area (Å²) in [5, 5.41) is 8.19.